The van der Waals surface area contributed by atoms with Crippen LogP contribution in [0.15, 0.2) is 48.5 Å². The van der Waals surface area contributed by atoms with E-state index in [4.69, 9.17) is 5.84 Å². The summed E-state index contributed by atoms with van der Waals surface area (Å²) in [5, 5.41) is 5.39. The molecule has 0 spiro atoms. The van der Waals surface area contributed by atoms with Crippen molar-refractivity contribution < 1.29 is 9.59 Å². The van der Waals surface area contributed by atoms with E-state index in [1.807, 2.05) is 41.8 Å². The Bertz CT molecular complexity index is 687. The molecule has 2 rings (SSSR count). The maximum atomic E-state index is 11.0. The second-order valence-corrected chi connectivity index (χ2v) is 5.52. The Balaban J connectivity index is 0.00000312. The average molecular weight is 363 g/mol. The molecular weight excluding hydrogens is 340 g/mol. The molecule has 0 fully saturated rings. The molecule has 0 saturated heterocycles. The topological polar surface area (TPSA) is 96.2 Å². The summed E-state index contributed by atoms with van der Waals surface area (Å²) >= 11 is 0. The molecule has 134 valence electrons. The van der Waals surface area contributed by atoms with E-state index < -0.39 is 6.03 Å². The van der Waals surface area contributed by atoms with E-state index in [0.29, 0.717) is 6.54 Å². The number of aryl methyl sites for hydroxylation is 2. The SMILES string of the molecule is CC(=O)Nc1ccc(CCc2ccc(CNC(=O)NN)cc2)cc1.Cl. The smallest absolute Gasteiger partial charge is 0.329 e. The maximum absolute atomic E-state index is 11.0. The van der Waals surface area contributed by atoms with E-state index >= 15 is 0 Å². The molecule has 0 heterocycles. The standard InChI is InChI=1S/C18H22N4O2.ClH/c1-13(23)21-17-10-8-15(9-11-17)3-2-14-4-6-16(7-5-14)12-20-18(24)22-19;/h4-11H,2-3,12,19H2,1H3,(H,21,23)(H2,20,22,24);1H. The summed E-state index contributed by atoms with van der Waals surface area (Å²) in [5.74, 6) is 4.94. The van der Waals surface area contributed by atoms with Crippen LogP contribution in [0, 0.1) is 0 Å². The van der Waals surface area contributed by atoms with Gasteiger partial charge in [0.1, 0.15) is 0 Å². The van der Waals surface area contributed by atoms with Crippen LogP contribution in [0.3, 0.4) is 0 Å². The van der Waals surface area contributed by atoms with Crippen LogP contribution in [0.2, 0.25) is 0 Å². The van der Waals surface area contributed by atoms with Crippen LogP contribution in [-0.2, 0) is 24.2 Å². The van der Waals surface area contributed by atoms with Gasteiger partial charge < -0.3 is 10.6 Å². The average Bonchev–Trinajstić information content (AvgIpc) is 2.59. The quantitative estimate of drug-likeness (QED) is 0.361. The van der Waals surface area contributed by atoms with E-state index in [-0.39, 0.29) is 18.3 Å². The molecule has 0 unspecified atom stereocenters. The Hall–Kier alpha value is -2.57. The minimum Gasteiger partial charge on any atom is -0.333 e. The van der Waals surface area contributed by atoms with Gasteiger partial charge in [-0.2, -0.15) is 0 Å². The Morgan fingerprint density at radius 2 is 1.36 bits per heavy atom. The van der Waals surface area contributed by atoms with Gasteiger partial charge in [-0.3, -0.25) is 10.2 Å². The number of urea groups is 1. The van der Waals surface area contributed by atoms with Gasteiger partial charge in [0.25, 0.3) is 0 Å². The fourth-order valence-electron chi connectivity index (χ4n) is 2.30. The maximum Gasteiger partial charge on any atom is 0.329 e. The first-order valence-corrected chi connectivity index (χ1v) is 7.75. The highest BCUT2D eigenvalue weighted by molar-refractivity contribution is 5.88. The number of nitrogens with two attached hydrogens (primary N) is 1. The Labute approximate surface area is 153 Å². The van der Waals surface area contributed by atoms with E-state index in [9.17, 15) is 9.59 Å². The second kappa shape index (κ2) is 10.3. The van der Waals surface area contributed by atoms with Crippen molar-refractivity contribution in [1.82, 2.24) is 10.7 Å². The highest BCUT2D eigenvalue weighted by atomic mass is 35.5. The molecule has 0 aromatic heterocycles. The number of nitrogens with one attached hydrogen (secondary N) is 3. The van der Waals surface area contributed by atoms with Gasteiger partial charge in [0.2, 0.25) is 5.91 Å². The zero-order chi connectivity index (χ0) is 17.4. The number of carbonyl (C=O) groups is 2. The molecule has 0 aliphatic heterocycles. The molecule has 0 aliphatic rings. The molecule has 6 nitrogen and oxygen atoms in total. The molecule has 7 heteroatoms. The number of carbonyl (C=O) groups excluding carboxylic acids is 2. The molecule has 25 heavy (non-hydrogen) atoms. The van der Waals surface area contributed by atoms with Crippen molar-refractivity contribution in [3.63, 3.8) is 0 Å². The van der Waals surface area contributed by atoms with Gasteiger partial charge >= 0.3 is 6.03 Å². The van der Waals surface area contributed by atoms with Crippen molar-refractivity contribution in [3.05, 3.63) is 65.2 Å². The van der Waals surface area contributed by atoms with Crippen molar-refractivity contribution in [3.8, 4) is 0 Å². The number of hydrogen-bond donors (Lipinski definition) is 4. The lowest BCUT2D eigenvalue weighted by Gasteiger charge is -2.07. The zero-order valence-electron chi connectivity index (χ0n) is 14.0. The molecule has 0 aliphatic carbocycles. The van der Waals surface area contributed by atoms with Crippen molar-refractivity contribution in [2.75, 3.05) is 5.32 Å². The van der Waals surface area contributed by atoms with Crippen LogP contribution in [0.4, 0.5) is 10.5 Å². The fourth-order valence-corrected chi connectivity index (χ4v) is 2.30. The van der Waals surface area contributed by atoms with E-state index in [1.165, 1.54) is 18.1 Å². The molecule has 0 atom stereocenters. The first-order chi connectivity index (χ1) is 11.6. The molecule has 0 radical (unpaired) electrons. The summed E-state index contributed by atoms with van der Waals surface area (Å²) in [6.45, 7) is 1.93. The largest absolute Gasteiger partial charge is 0.333 e. The number of amides is 3. The van der Waals surface area contributed by atoms with E-state index in [2.05, 4.69) is 22.8 Å². The zero-order valence-corrected chi connectivity index (χ0v) is 14.9. The lowest BCUT2D eigenvalue weighted by atomic mass is 10.0. The molecule has 2 aromatic rings. The predicted molar refractivity (Wildman–Crippen MR) is 101 cm³/mol. The minimum atomic E-state index is -0.401. The molecule has 0 bridgehead atoms. The van der Waals surface area contributed by atoms with E-state index in [1.54, 1.807) is 0 Å². The summed E-state index contributed by atoms with van der Waals surface area (Å²) in [4.78, 5) is 22.0. The lowest BCUT2D eigenvalue weighted by Crippen LogP contribution is -2.39. The number of hydrazine groups is 1. The third-order valence-corrected chi connectivity index (χ3v) is 3.58. The number of hydrogen-bond acceptors (Lipinski definition) is 3. The monoisotopic (exact) mass is 362 g/mol. The van der Waals surface area contributed by atoms with Crippen LogP contribution >= 0.6 is 12.4 Å². The third kappa shape index (κ3) is 7.24. The van der Waals surface area contributed by atoms with Gasteiger partial charge in [-0.05, 0) is 41.7 Å². The number of benzene rings is 2. The molecule has 2 aromatic carbocycles. The van der Waals surface area contributed by atoms with Crippen LogP contribution in [0.25, 0.3) is 0 Å². The summed E-state index contributed by atoms with van der Waals surface area (Å²) in [7, 11) is 0. The van der Waals surface area contributed by atoms with Gasteiger partial charge in [-0.15, -0.1) is 12.4 Å². The highest BCUT2D eigenvalue weighted by Gasteiger charge is 2.00. The van der Waals surface area contributed by atoms with Gasteiger partial charge in [-0.25, -0.2) is 10.6 Å². The van der Waals surface area contributed by atoms with Gasteiger partial charge in [-0.1, -0.05) is 36.4 Å². The fraction of sp³-hybridized carbons (Fsp3) is 0.222. The van der Waals surface area contributed by atoms with Crippen molar-refractivity contribution >= 4 is 30.0 Å². The summed E-state index contributed by atoms with van der Waals surface area (Å²) < 4.78 is 0. The molecular formula is C18H23ClN4O2. The van der Waals surface area contributed by atoms with Crippen LogP contribution < -0.4 is 21.9 Å². The van der Waals surface area contributed by atoms with Gasteiger partial charge in [0.05, 0.1) is 0 Å². The van der Waals surface area contributed by atoms with Crippen LogP contribution in [0.1, 0.15) is 23.6 Å². The molecule has 0 saturated carbocycles. The Morgan fingerprint density at radius 1 is 0.880 bits per heavy atom. The summed E-state index contributed by atoms with van der Waals surface area (Å²) in [6.07, 6.45) is 1.85. The first-order valence-electron chi connectivity index (χ1n) is 7.75. The second-order valence-electron chi connectivity index (χ2n) is 5.52. The van der Waals surface area contributed by atoms with Crippen LogP contribution in [-0.4, -0.2) is 11.9 Å². The Kier molecular flexibility index (Phi) is 8.46. The normalized spacial score (nSPS) is 9.68. The van der Waals surface area contributed by atoms with Crippen molar-refractivity contribution in [1.29, 1.82) is 0 Å². The number of rotatable bonds is 6. The van der Waals surface area contributed by atoms with Crippen molar-refractivity contribution in [2.24, 2.45) is 5.84 Å². The molecule has 5 N–H and O–H groups in total. The summed E-state index contributed by atoms with van der Waals surface area (Å²) in [6, 6.07) is 15.6. The Morgan fingerprint density at radius 3 is 1.84 bits per heavy atom. The minimum absolute atomic E-state index is 0. The third-order valence-electron chi connectivity index (χ3n) is 3.58. The van der Waals surface area contributed by atoms with E-state index in [0.717, 1.165) is 24.1 Å². The molecule has 3 amide bonds. The van der Waals surface area contributed by atoms with Gasteiger partial charge in [0.15, 0.2) is 0 Å². The number of anilines is 1. The van der Waals surface area contributed by atoms with Crippen LogP contribution in [0.5, 0.6) is 0 Å². The highest BCUT2D eigenvalue weighted by Crippen LogP contribution is 2.13. The lowest BCUT2D eigenvalue weighted by molar-refractivity contribution is -0.114. The first kappa shape index (κ1) is 20.5. The van der Waals surface area contributed by atoms with Crippen molar-refractivity contribution in [2.45, 2.75) is 26.3 Å². The predicted octanol–water partition coefficient (Wildman–Crippen LogP) is 2.52. The summed E-state index contributed by atoms with van der Waals surface area (Å²) in [5.41, 5.74) is 6.30. The number of halogens is 1. The van der Waals surface area contributed by atoms with Gasteiger partial charge in [0, 0.05) is 19.2 Å².